The standard InChI is InChI=1S/C30H38N4O/c1-5-7-9-11-19-34(20-12-10-8-6-2)26-16-13-24(14-17-26)15-18-28-27(23-33)29(25(21-31)22-32)35-30(28,3)4/h13-18H,5-12,19-20H2,1-4H3. The number of benzene rings is 1. The monoisotopic (exact) mass is 470 g/mol. The van der Waals surface area contributed by atoms with Gasteiger partial charge in [0.2, 0.25) is 0 Å². The molecule has 0 atom stereocenters. The molecule has 35 heavy (non-hydrogen) atoms. The van der Waals surface area contributed by atoms with Crippen LogP contribution in [0.5, 0.6) is 0 Å². The summed E-state index contributed by atoms with van der Waals surface area (Å²) in [6.45, 7) is 10.3. The molecule has 0 N–H and O–H groups in total. The number of ether oxygens (including phenoxy) is 1. The molecule has 5 heteroatoms. The van der Waals surface area contributed by atoms with Crippen LogP contribution in [0.3, 0.4) is 0 Å². The number of allylic oxidation sites excluding steroid dienone is 2. The molecule has 1 aromatic carbocycles. The predicted octanol–water partition coefficient (Wildman–Crippen LogP) is 7.60. The summed E-state index contributed by atoms with van der Waals surface area (Å²) in [4.78, 5) is 2.51. The fraction of sp³-hybridized carbons (Fsp3) is 0.500. The molecule has 0 bridgehead atoms. The highest BCUT2D eigenvalue weighted by Crippen LogP contribution is 2.40. The quantitative estimate of drug-likeness (QED) is 0.219. The Labute approximate surface area is 211 Å². The Balaban J connectivity index is 2.22. The van der Waals surface area contributed by atoms with Gasteiger partial charge in [-0.15, -0.1) is 0 Å². The molecule has 0 amide bonds. The molecule has 0 saturated carbocycles. The number of rotatable bonds is 13. The number of hydrogen-bond donors (Lipinski definition) is 0. The number of nitrogens with zero attached hydrogens (tertiary/aromatic N) is 4. The van der Waals surface area contributed by atoms with Crippen LogP contribution in [-0.4, -0.2) is 18.7 Å². The van der Waals surface area contributed by atoms with E-state index in [9.17, 15) is 15.8 Å². The van der Waals surface area contributed by atoms with Crippen molar-refractivity contribution in [1.29, 1.82) is 15.8 Å². The van der Waals surface area contributed by atoms with Crippen molar-refractivity contribution >= 4 is 11.8 Å². The molecule has 2 rings (SSSR count). The van der Waals surface area contributed by atoms with Crippen molar-refractivity contribution in [3.8, 4) is 18.2 Å². The van der Waals surface area contributed by atoms with Crippen LogP contribution >= 0.6 is 0 Å². The first-order chi connectivity index (χ1) is 16.9. The van der Waals surface area contributed by atoms with E-state index in [0.29, 0.717) is 5.57 Å². The molecule has 0 spiro atoms. The highest BCUT2D eigenvalue weighted by molar-refractivity contribution is 5.65. The molecule has 184 valence electrons. The summed E-state index contributed by atoms with van der Waals surface area (Å²) in [6.07, 6.45) is 13.9. The minimum atomic E-state index is -0.802. The third-order valence-electron chi connectivity index (χ3n) is 6.33. The third kappa shape index (κ3) is 7.77. The molecule has 0 aromatic heterocycles. The van der Waals surface area contributed by atoms with Crippen molar-refractivity contribution in [2.24, 2.45) is 0 Å². The second-order valence-electron chi connectivity index (χ2n) is 9.47. The summed E-state index contributed by atoms with van der Waals surface area (Å²) in [6, 6.07) is 14.3. The lowest BCUT2D eigenvalue weighted by atomic mass is 9.94. The van der Waals surface area contributed by atoms with Crippen LogP contribution in [0.15, 0.2) is 52.8 Å². The van der Waals surface area contributed by atoms with Crippen LogP contribution < -0.4 is 4.90 Å². The van der Waals surface area contributed by atoms with E-state index in [1.807, 2.05) is 38.1 Å². The fourth-order valence-electron chi connectivity index (χ4n) is 4.29. The topological polar surface area (TPSA) is 83.8 Å². The lowest BCUT2D eigenvalue weighted by Gasteiger charge is -2.25. The van der Waals surface area contributed by atoms with E-state index in [-0.39, 0.29) is 16.9 Å². The summed E-state index contributed by atoms with van der Waals surface area (Å²) < 4.78 is 5.84. The molecule has 0 aliphatic carbocycles. The maximum atomic E-state index is 9.70. The largest absolute Gasteiger partial charge is 0.480 e. The van der Waals surface area contributed by atoms with Gasteiger partial charge in [0.25, 0.3) is 0 Å². The van der Waals surface area contributed by atoms with Crippen molar-refractivity contribution in [2.75, 3.05) is 18.0 Å². The zero-order chi connectivity index (χ0) is 25.7. The smallest absolute Gasteiger partial charge is 0.172 e. The van der Waals surface area contributed by atoms with Gasteiger partial charge in [-0.05, 0) is 44.4 Å². The molecule has 0 saturated heterocycles. The van der Waals surface area contributed by atoms with Crippen molar-refractivity contribution in [2.45, 2.75) is 84.7 Å². The summed E-state index contributed by atoms with van der Waals surface area (Å²) in [7, 11) is 0. The summed E-state index contributed by atoms with van der Waals surface area (Å²) in [5.74, 6) is 0.0688. The molecule has 0 fully saturated rings. The molecule has 5 nitrogen and oxygen atoms in total. The lowest BCUT2D eigenvalue weighted by molar-refractivity contribution is 0.0954. The first kappa shape index (κ1) is 27.8. The average Bonchev–Trinajstić information content (AvgIpc) is 3.12. The minimum Gasteiger partial charge on any atom is -0.480 e. The number of hydrogen-bond acceptors (Lipinski definition) is 5. The SMILES string of the molecule is CCCCCCN(CCCCCC)c1ccc(C=CC2=C(C#N)C(=C(C#N)C#N)OC2(C)C)cc1. The van der Waals surface area contributed by atoms with E-state index in [1.54, 1.807) is 0 Å². The van der Waals surface area contributed by atoms with E-state index >= 15 is 0 Å². The predicted molar refractivity (Wildman–Crippen MR) is 142 cm³/mol. The third-order valence-corrected chi connectivity index (χ3v) is 6.33. The summed E-state index contributed by atoms with van der Waals surface area (Å²) >= 11 is 0. The van der Waals surface area contributed by atoms with Gasteiger partial charge in [-0.2, -0.15) is 15.8 Å². The molecular weight excluding hydrogens is 432 g/mol. The summed E-state index contributed by atoms with van der Waals surface area (Å²) in [5, 5.41) is 28.2. The summed E-state index contributed by atoms with van der Waals surface area (Å²) in [5.41, 5.74) is 2.19. The molecule has 1 heterocycles. The van der Waals surface area contributed by atoms with Gasteiger partial charge in [0.1, 0.15) is 29.4 Å². The normalized spacial score (nSPS) is 14.4. The van der Waals surface area contributed by atoms with Crippen molar-refractivity contribution in [3.63, 3.8) is 0 Å². The Morgan fingerprint density at radius 3 is 1.91 bits per heavy atom. The van der Waals surface area contributed by atoms with E-state index in [1.165, 1.54) is 57.1 Å². The minimum absolute atomic E-state index is 0.0688. The molecule has 1 aliphatic heterocycles. The number of nitriles is 3. The number of anilines is 1. The van der Waals surface area contributed by atoms with Gasteiger partial charge in [-0.25, -0.2) is 0 Å². The van der Waals surface area contributed by atoms with Crippen molar-refractivity contribution < 1.29 is 4.74 Å². The van der Waals surface area contributed by atoms with Crippen LogP contribution in [0.2, 0.25) is 0 Å². The van der Waals surface area contributed by atoms with Crippen LogP contribution in [-0.2, 0) is 4.74 Å². The highest BCUT2D eigenvalue weighted by Gasteiger charge is 2.38. The molecule has 1 aliphatic rings. The van der Waals surface area contributed by atoms with E-state index in [4.69, 9.17) is 4.74 Å². The molecule has 0 unspecified atom stereocenters. The van der Waals surface area contributed by atoms with E-state index in [0.717, 1.165) is 18.7 Å². The number of unbranched alkanes of at least 4 members (excludes halogenated alkanes) is 6. The highest BCUT2D eigenvalue weighted by atomic mass is 16.5. The van der Waals surface area contributed by atoms with Gasteiger partial charge < -0.3 is 9.64 Å². The zero-order valence-electron chi connectivity index (χ0n) is 21.7. The Morgan fingerprint density at radius 1 is 0.857 bits per heavy atom. The van der Waals surface area contributed by atoms with Crippen LogP contribution in [0.1, 0.15) is 84.6 Å². The lowest BCUT2D eigenvalue weighted by Crippen LogP contribution is -2.25. The van der Waals surface area contributed by atoms with Crippen LogP contribution in [0.25, 0.3) is 6.08 Å². The van der Waals surface area contributed by atoms with Gasteiger partial charge >= 0.3 is 0 Å². The van der Waals surface area contributed by atoms with Gasteiger partial charge in [0.05, 0.1) is 0 Å². The van der Waals surface area contributed by atoms with Gasteiger partial charge in [0.15, 0.2) is 11.3 Å². The second-order valence-corrected chi connectivity index (χ2v) is 9.47. The molecular formula is C30H38N4O. The van der Waals surface area contributed by atoms with Crippen LogP contribution in [0.4, 0.5) is 5.69 Å². The van der Waals surface area contributed by atoms with Gasteiger partial charge in [-0.3, -0.25) is 0 Å². The van der Waals surface area contributed by atoms with E-state index in [2.05, 4.69) is 49.1 Å². The Hall–Kier alpha value is -3.49. The van der Waals surface area contributed by atoms with Crippen molar-refractivity contribution in [3.05, 3.63) is 58.4 Å². The maximum absolute atomic E-state index is 9.70. The van der Waals surface area contributed by atoms with Crippen LogP contribution in [0, 0.1) is 34.0 Å². The zero-order valence-corrected chi connectivity index (χ0v) is 21.7. The Bertz CT molecular complexity index is 1030. The Morgan fingerprint density at radius 2 is 1.43 bits per heavy atom. The average molecular weight is 471 g/mol. The van der Waals surface area contributed by atoms with E-state index < -0.39 is 5.60 Å². The first-order valence-electron chi connectivity index (χ1n) is 12.8. The van der Waals surface area contributed by atoms with Gasteiger partial charge in [0, 0.05) is 24.4 Å². The van der Waals surface area contributed by atoms with Crippen molar-refractivity contribution in [1.82, 2.24) is 0 Å². The Kier molecular flexibility index (Phi) is 11.1. The van der Waals surface area contributed by atoms with Gasteiger partial charge in [-0.1, -0.05) is 76.7 Å². The first-order valence-corrected chi connectivity index (χ1v) is 12.8. The molecule has 0 radical (unpaired) electrons. The fourth-order valence-corrected chi connectivity index (χ4v) is 4.29. The molecule has 1 aromatic rings. The second kappa shape index (κ2) is 14.0. The maximum Gasteiger partial charge on any atom is 0.172 e.